The summed E-state index contributed by atoms with van der Waals surface area (Å²) in [7, 11) is 1.73. The highest BCUT2D eigenvalue weighted by atomic mass is 16.5. The number of methoxy groups -OCH3 is 1. The summed E-state index contributed by atoms with van der Waals surface area (Å²) >= 11 is 0. The van der Waals surface area contributed by atoms with Gasteiger partial charge in [-0.1, -0.05) is 13.0 Å². The normalized spacial score (nSPS) is 10.7. The molecular weight excluding hydrogens is 164 g/mol. The van der Waals surface area contributed by atoms with Crippen molar-refractivity contribution in [3.8, 4) is 0 Å². The Morgan fingerprint density at radius 3 is 2.77 bits per heavy atom. The fourth-order valence-corrected chi connectivity index (χ4v) is 1.11. The average molecular weight is 186 g/mol. The third-order valence-corrected chi connectivity index (χ3v) is 1.85. The Hall–Kier alpha value is -0.380. The van der Waals surface area contributed by atoms with Crippen LogP contribution in [0.15, 0.2) is 12.7 Å². The van der Waals surface area contributed by atoms with Crippen molar-refractivity contribution >= 4 is 0 Å². The van der Waals surface area contributed by atoms with Gasteiger partial charge in [0.1, 0.15) is 0 Å². The van der Waals surface area contributed by atoms with E-state index in [1.54, 1.807) is 7.11 Å². The van der Waals surface area contributed by atoms with Gasteiger partial charge >= 0.3 is 0 Å². The van der Waals surface area contributed by atoms with Crippen molar-refractivity contribution < 1.29 is 4.74 Å². The molecule has 0 bridgehead atoms. The number of rotatable bonds is 9. The monoisotopic (exact) mass is 186 g/mol. The predicted octanol–water partition coefficient (Wildman–Crippen LogP) is 0.730. The van der Waals surface area contributed by atoms with Gasteiger partial charge in [0.2, 0.25) is 0 Å². The lowest BCUT2D eigenvalue weighted by molar-refractivity contribution is 0.154. The highest BCUT2D eigenvalue weighted by Crippen LogP contribution is 1.87. The SMILES string of the molecule is C=CCN(CCNCC)CCOC. The van der Waals surface area contributed by atoms with Crippen molar-refractivity contribution in [2.75, 3.05) is 46.4 Å². The minimum atomic E-state index is 0.792. The minimum absolute atomic E-state index is 0.792. The molecule has 0 saturated carbocycles. The molecule has 3 nitrogen and oxygen atoms in total. The molecule has 0 aliphatic rings. The van der Waals surface area contributed by atoms with E-state index >= 15 is 0 Å². The second-order valence-electron chi connectivity index (χ2n) is 2.94. The van der Waals surface area contributed by atoms with Crippen molar-refractivity contribution in [3.63, 3.8) is 0 Å². The quantitative estimate of drug-likeness (QED) is 0.424. The van der Waals surface area contributed by atoms with Crippen LogP contribution in [0.2, 0.25) is 0 Å². The van der Waals surface area contributed by atoms with Gasteiger partial charge in [-0.15, -0.1) is 6.58 Å². The molecule has 3 heteroatoms. The molecule has 0 aromatic heterocycles. The molecule has 1 N–H and O–H groups in total. The molecule has 78 valence electrons. The molecule has 0 saturated heterocycles. The second-order valence-corrected chi connectivity index (χ2v) is 2.94. The molecule has 0 heterocycles. The molecule has 0 radical (unpaired) electrons. The summed E-state index contributed by atoms with van der Waals surface area (Å²) in [5, 5.41) is 3.30. The van der Waals surface area contributed by atoms with E-state index in [1.165, 1.54) is 0 Å². The van der Waals surface area contributed by atoms with Crippen molar-refractivity contribution in [1.82, 2.24) is 10.2 Å². The molecule has 0 rings (SSSR count). The van der Waals surface area contributed by atoms with E-state index in [0.29, 0.717) is 0 Å². The Kier molecular flexibility index (Phi) is 9.42. The van der Waals surface area contributed by atoms with Gasteiger partial charge in [0.25, 0.3) is 0 Å². The zero-order chi connectivity index (χ0) is 9.94. The average Bonchev–Trinajstić information content (AvgIpc) is 2.14. The number of hydrogen-bond donors (Lipinski definition) is 1. The number of hydrogen-bond acceptors (Lipinski definition) is 3. The van der Waals surface area contributed by atoms with Crippen molar-refractivity contribution in [1.29, 1.82) is 0 Å². The maximum absolute atomic E-state index is 5.03. The summed E-state index contributed by atoms with van der Waals surface area (Å²) < 4.78 is 5.03. The Bertz CT molecular complexity index is 117. The van der Waals surface area contributed by atoms with Crippen LogP contribution in [0.5, 0.6) is 0 Å². The Labute approximate surface area is 81.8 Å². The first kappa shape index (κ1) is 12.6. The second kappa shape index (κ2) is 9.71. The van der Waals surface area contributed by atoms with Crippen LogP contribution in [0.4, 0.5) is 0 Å². The largest absolute Gasteiger partial charge is 0.383 e. The van der Waals surface area contributed by atoms with Crippen LogP contribution in [-0.4, -0.2) is 51.3 Å². The van der Waals surface area contributed by atoms with E-state index < -0.39 is 0 Å². The van der Waals surface area contributed by atoms with Gasteiger partial charge in [-0.25, -0.2) is 0 Å². The topological polar surface area (TPSA) is 24.5 Å². The first-order valence-corrected chi connectivity index (χ1v) is 4.88. The zero-order valence-corrected chi connectivity index (χ0v) is 8.88. The highest BCUT2D eigenvalue weighted by Gasteiger charge is 2.00. The minimum Gasteiger partial charge on any atom is -0.383 e. The van der Waals surface area contributed by atoms with Crippen LogP contribution in [0.25, 0.3) is 0 Å². The molecule has 0 unspecified atom stereocenters. The van der Waals surface area contributed by atoms with E-state index in [4.69, 9.17) is 4.74 Å². The first-order valence-electron chi connectivity index (χ1n) is 4.88. The number of nitrogens with one attached hydrogen (secondary N) is 1. The molecule has 0 aliphatic heterocycles. The number of nitrogens with zero attached hydrogens (tertiary/aromatic N) is 1. The molecule has 0 fully saturated rings. The van der Waals surface area contributed by atoms with Crippen molar-refractivity contribution in [3.05, 3.63) is 12.7 Å². The molecule has 0 aliphatic carbocycles. The summed E-state index contributed by atoms with van der Waals surface area (Å²) in [5.74, 6) is 0. The number of ether oxygens (including phenoxy) is 1. The van der Waals surface area contributed by atoms with Crippen molar-refractivity contribution in [2.24, 2.45) is 0 Å². The lowest BCUT2D eigenvalue weighted by Crippen LogP contribution is -2.34. The molecule has 0 spiro atoms. The fourth-order valence-electron chi connectivity index (χ4n) is 1.11. The summed E-state index contributed by atoms with van der Waals surface area (Å²) in [4.78, 5) is 2.32. The summed E-state index contributed by atoms with van der Waals surface area (Å²) in [6.07, 6.45) is 1.93. The van der Waals surface area contributed by atoms with E-state index in [1.807, 2.05) is 6.08 Å². The van der Waals surface area contributed by atoms with E-state index in [2.05, 4.69) is 23.7 Å². The fraction of sp³-hybridized carbons (Fsp3) is 0.800. The van der Waals surface area contributed by atoms with Gasteiger partial charge in [0.15, 0.2) is 0 Å². The lowest BCUT2D eigenvalue weighted by Gasteiger charge is -2.19. The van der Waals surface area contributed by atoms with Crippen LogP contribution in [0.3, 0.4) is 0 Å². The van der Waals surface area contributed by atoms with Crippen LogP contribution in [-0.2, 0) is 4.74 Å². The maximum Gasteiger partial charge on any atom is 0.0589 e. The van der Waals surface area contributed by atoms with Crippen LogP contribution >= 0.6 is 0 Å². The molecule has 0 amide bonds. The maximum atomic E-state index is 5.03. The van der Waals surface area contributed by atoms with E-state index in [-0.39, 0.29) is 0 Å². The molecular formula is C10H22N2O. The standard InChI is InChI=1S/C10H22N2O/c1-4-7-12(9-10-13-3)8-6-11-5-2/h4,11H,1,5-10H2,2-3H3. The number of likely N-dealkylation sites (N-methyl/N-ethyl adjacent to an activating group) is 1. The Balaban J connectivity index is 3.47. The van der Waals surface area contributed by atoms with Gasteiger partial charge in [0.05, 0.1) is 6.61 Å². The Morgan fingerprint density at radius 2 is 2.23 bits per heavy atom. The molecule has 0 aromatic rings. The summed E-state index contributed by atoms with van der Waals surface area (Å²) in [6.45, 7) is 11.7. The van der Waals surface area contributed by atoms with Crippen LogP contribution in [0.1, 0.15) is 6.92 Å². The van der Waals surface area contributed by atoms with Gasteiger partial charge in [-0.3, -0.25) is 4.90 Å². The zero-order valence-electron chi connectivity index (χ0n) is 8.88. The van der Waals surface area contributed by atoms with Crippen LogP contribution < -0.4 is 5.32 Å². The predicted molar refractivity (Wildman–Crippen MR) is 57.1 cm³/mol. The van der Waals surface area contributed by atoms with Crippen molar-refractivity contribution in [2.45, 2.75) is 6.92 Å². The summed E-state index contributed by atoms with van der Waals surface area (Å²) in [6, 6.07) is 0. The summed E-state index contributed by atoms with van der Waals surface area (Å²) in [5.41, 5.74) is 0. The molecule has 13 heavy (non-hydrogen) atoms. The van der Waals surface area contributed by atoms with E-state index in [9.17, 15) is 0 Å². The smallest absolute Gasteiger partial charge is 0.0589 e. The van der Waals surface area contributed by atoms with E-state index in [0.717, 1.165) is 39.3 Å². The molecule has 0 aromatic carbocycles. The van der Waals surface area contributed by atoms with Crippen LogP contribution in [0, 0.1) is 0 Å². The molecule has 0 atom stereocenters. The first-order chi connectivity index (χ1) is 6.35. The lowest BCUT2D eigenvalue weighted by atomic mass is 10.4. The van der Waals surface area contributed by atoms with Gasteiger partial charge < -0.3 is 10.1 Å². The van der Waals surface area contributed by atoms with Gasteiger partial charge in [0, 0.05) is 33.3 Å². The van der Waals surface area contributed by atoms with Gasteiger partial charge in [-0.2, -0.15) is 0 Å². The highest BCUT2D eigenvalue weighted by molar-refractivity contribution is 4.73. The third-order valence-electron chi connectivity index (χ3n) is 1.85. The van der Waals surface area contributed by atoms with Gasteiger partial charge in [-0.05, 0) is 6.54 Å². The third kappa shape index (κ3) is 7.96. The Morgan fingerprint density at radius 1 is 1.46 bits per heavy atom.